The third-order valence-corrected chi connectivity index (χ3v) is 2.62. The van der Waals surface area contributed by atoms with Crippen LogP contribution in [0.3, 0.4) is 0 Å². The van der Waals surface area contributed by atoms with Crippen LogP contribution < -0.4 is 10.6 Å². The first-order chi connectivity index (χ1) is 8.77. The van der Waals surface area contributed by atoms with Gasteiger partial charge >= 0.3 is 0 Å². The lowest BCUT2D eigenvalue weighted by atomic mass is 10.0. The fourth-order valence-corrected chi connectivity index (χ4v) is 1.76. The molecule has 1 unspecified atom stereocenters. The highest BCUT2D eigenvalue weighted by atomic mass is 16.2. The number of Topliss-reactive ketones (excluding diaryl/α,β-unsaturated/α-hetero) is 1. The van der Waals surface area contributed by atoms with Crippen molar-refractivity contribution in [3.8, 4) is 0 Å². The summed E-state index contributed by atoms with van der Waals surface area (Å²) in [7, 11) is 1.69. The number of amides is 2. The van der Waals surface area contributed by atoms with Crippen molar-refractivity contribution in [1.82, 2.24) is 15.5 Å². The minimum Gasteiger partial charge on any atom is -0.355 e. The Balaban J connectivity index is 4.22. The summed E-state index contributed by atoms with van der Waals surface area (Å²) in [5.74, 6) is -0.379. The van der Waals surface area contributed by atoms with E-state index < -0.39 is 6.04 Å². The summed E-state index contributed by atoms with van der Waals surface area (Å²) in [6.45, 7) is 7.88. The standard InChI is InChI=1S/C13H25N3O3/c1-6-14-11(18)7-16(5)8-12(19)15-13(9(2)3)10(4)17/h9,13H,6-8H2,1-5H3,(H,14,18)(H,15,19). The van der Waals surface area contributed by atoms with Crippen LogP contribution in [0.4, 0.5) is 0 Å². The second-order valence-electron chi connectivity index (χ2n) is 5.03. The van der Waals surface area contributed by atoms with E-state index in [1.54, 1.807) is 11.9 Å². The molecule has 6 nitrogen and oxygen atoms in total. The zero-order valence-corrected chi connectivity index (χ0v) is 12.4. The van der Waals surface area contributed by atoms with Gasteiger partial charge in [-0.2, -0.15) is 0 Å². The molecular formula is C13H25N3O3. The van der Waals surface area contributed by atoms with Gasteiger partial charge in [0.1, 0.15) is 0 Å². The van der Waals surface area contributed by atoms with Crippen molar-refractivity contribution in [3.05, 3.63) is 0 Å². The number of ketones is 1. The Morgan fingerprint density at radius 1 is 1.11 bits per heavy atom. The van der Waals surface area contributed by atoms with E-state index in [-0.39, 0.29) is 36.6 Å². The molecule has 1 atom stereocenters. The highest BCUT2D eigenvalue weighted by molar-refractivity contribution is 5.88. The molecule has 0 aliphatic heterocycles. The number of hydrogen-bond donors (Lipinski definition) is 2. The van der Waals surface area contributed by atoms with Crippen molar-refractivity contribution in [1.29, 1.82) is 0 Å². The van der Waals surface area contributed by atoms with E-state index in [4.69, 9.17) is 0 Å². The molecule has 2 N–H and O–H groups in total. The Morgan fingerprint density at radius 2 is 1.63 bits per heavy atom. The topological polar surface area (TPSA) is 78.5 Å². The van der Waals surface area contributed by atoms with Gasteiger partial charge in [-0.3, -0.25) is 19.3 Å². The Morgan fingerprint density at radius 3 is 2.05 bits per heavy atom. The van der Waals surface area contributed by atoms with Gasteiger partial charge in [0.05, 0.1) is 19.1 Å². The molecule has 0 saturated heterocycles. The van der Waals surface area contributed by atoms with Gasteiger partial charge in [0.2, 0.25) is 11.8 Å². The van der Waals surface area contributed by atoms with Crippen molar-refractivity contribution < 1.29 is 14.4 Å². The van der Waals surface area contributed by atoms with Gasteiger partial charge in [0.25, 0.3) is 0 Å². The van der Waals surface area contributed by atoms with E-state index >= 15 is 0 Å². The van der Waals surface area contributed by atoms with E-state index in [0.717, 1.165) is 0 Å². The number of hydrogen-bond acceptors (Lipinski definition) is 4. The van der Waals surface area contributed by atoms with Crippen LogP contribution in [0.25, 0.3) is 0 Å². The molecule has 0 fully saturated rings. The molecule has 19 heavy (non-hydrogen) atoms. The van der Waals surface area contributed by atoms with Crippen LogP contribution in [0.2, 0.25) is 0 Å². The predicted molar refractivity (Wildman–Crippen MR) is 73.6 cm³/mol. The Labute approximate surface area is 114 Å². The van der Waals surface area contributed by atoms with Gasteiger partial charge in [0.15, 0.2) is 5.78 Å². The zero-order valence-electron chi connectivity index (χ0n) is 12.4. The van der Waals surface area contributed by atoms with E-state index in [1.165, 1.54) is 6.92 Å². The van der Waals surface area contributed by atoms with Crippen LogP contribution in [0.15, 0.2) is 0 Å². The molecule has 0 spiro atoms. The van der Waals surface area contributed by atoms with Crippen molar-refractivity contribution in [3.63, 3.8) is 0 Å². The lowest BCUT2D eigenvalue weighted by Gasteiger charge is -2.21. The maximum atomic E-state index is 11.8. The van der Waals surface area contributed by atoms with Gasteiger partial charge in [0, 0.05) is 6.54 Å². The summed E-state index contributed by atoms with van der Waals surface area (Å²) in [6.07, 6.45) is 0. The number of nitrogens with zero attached hydrogens (tertiary/aromatic N) is 1. The molecule has 0 aromatic carbocycles. The lowest BCUT2D eigenvalue weighted by Crippen LogP contribution is -2.48. The molecule has 0 aromatic heterocycles. The summed E-state index contributed by atoms with van der Waals surface area (Å²) < 4.78 is 0. The van der Waals surface area contributed by atoms with Crippen LogP contribution in [-0.4, -0.2) is 55.2 Å². The summed E-state index contributed by atoms with van der Waals surface area (Å²) in [5.41, 5.74) is 0. The first-order valence-corrected chi connectivity index (χ1v) is 6.53. The second kappa shape index (κ2) is 8.63. The highest BCUT2D eigenvalue weighted by Gasteiger charge is 2.21. The Kier molecular flexibility index (Phi) is 7.98. The summed E-state index contributed by atoms with van der Waals surface area (Å²) >= 11 is 0. The average Bonchev–Trinajstić information content (AvgIpc) is 2.24. The number of likely N-dealkylation sites (N-methyl/N-ethyl adjacent to an activating group) is 2. The Hall–Kier alpha value is -1.43. The van der Waals surface area contributed by atoms with Crippen LogP contribution in [0, 0.1) is 5.92 Å². The van der Waals surface area contributed by atoms with Crippen LogP contribution in [0.1, 0.15) is 27.7 Å². The third kappa shape index (κ3) is 7.56. The molecule has 0 aliphatic rings. The highest BCUT2D eigenvalue weighted by Crippen LogP contribution is 2.02. The normalized spacial score (nSPS) is 12.4. The lowest BCUT2D eigenvalue weighted by molar-refractivity contribution is -0.129. The number of carbonyl (C=O) groups is 3. The fraction of sp³-hybridized carbons (Fsp3) is 0.769. The Bertz CT molecular complexity index is 329. The molecule has 0 heterocycles. The predicted octanol–water partition coefficient (Wildman–Crippen LogP) is -0.216. The fourth-order valence-electron chi connectivity index (χ4n) is 1.76. The molecule has 0 aromatic rings. The SMILES string of the molecule is CCNC(=O)CN(C)CC(=O)NC(C(C)=O)C(C)C. The minimum absolute atomic E-state index is 0.0511. The first-order valence-electron chi connectivity index (χ1n) is 6.53. The van der Waals surface area contributed by atoms with Gasteiger partial charge in [-0.05, 0) is 26.8 Å². The first kappa shape index (κ1) is 17.6. The molecular weight excluding hydrogens is 246 g/mol. The number of nitrogens with one attached hydrogen (secondary N) is 2. The van der Waals surface area contributed by atoms with Gasteiger partial charge in [-0.25, -0.2) is 0 Å². The van der Waals surface area contributed by atoms with E-state index in [1.807, 2.05) is 20.8 Å². The molecule has 6 heteroatoms. The van der Waals surface area contributed by atoms with Crippen molar-refractivity contribution in [2.24, 2.45) is 5.92 Å². The van der Waals surface area contributed by atoms with Crippen molar-refractivity contribution in [2.45, 2.75) is 33.7 Å². The largest absolute Gasteiger partial charge is 0.355 e. The van der Waals surface area contributed by atoms with E-state index in [2.05, 4.69) is 10.6 Å². The summed E-state index contributed by atoms with van der Waals surface area (Å²) in [5, 5.41) is 5.35. The maximum absolute atomic E-state index is 11.8. The van der Waals surface area contributed by atoms with Gasteiger partial charge in [-0.1, -0.05) is 13.8 Å². The van der Waals surface area contributed by atoms with E-state index in [9.17, 15) is 14.4 Å². The van der Waals surface area contributed by atoms with E-state index in [0.29, 0.717) is 6.54 Å². The van der Waals surface area contributed by atoms with Crippen molar-refractivity contribution in [2.75, 3.05) is 26.7 Å². The molecule has 0 radical (unpaired) electrons. The smallest absolute Gasteiger partial charge is 0.234 e. The van der Waals surface area contributed by atoms with Crippen LogP contribution in [0.5, 0.6) is 0 Å². The molecule has 0 saturated carbocycles. The number of rotatable bonds is 8. The third-order valence-electron chi connectivity index (χ3n) is 2.62. The second-order valence-corrected chi connectivity index (χ2v) is 5.03. The van der Waals surface area contributed by atoms with Crippen LogP contribution >= 0.6 is 0 Å². The quantitative estimate of drug-likeness (QED) is 0.640. The van der Waals surface area contributed by atoms with Gasteiger partial charge < -0.3 is 10.6 Å². The molecule has 0 rings (SSSR count). The minimum atomic E-state index is -0.467. The average molecular weight is 271 g/mol. The molecule has 110 valence electrons. The molecule has 2 amide bonds. The van der Waals surface area contributed by atoms with Gasteiger partial charge in [-0.15, -0.1) is 0 Å². The number of carbonyl (C=O) groups excluding carboxylic acids is 3. The summed E-state index contributed by atoms with van der Waals surface area (Å²) in [6, 6.07) is -0.467. The van der Waals surface area contributed by atoms with Crippen LogP contribution in [-0.2, 0) is 14.4 Å². The monoisotopic (exact) mass is 271 g/mol. The van der Waals surface area contributed by atoms with Crippen molar-refractivity contribution >= 4 is 17.6 Å². The maximum Gasteiger partial charge on any atom is 0.234 e. The zero-order chi connectivity index (χ0) is 15.0. The summed E-state index contributed by atoms with van der Waals surface area (Å²) in [4.78, 5) is 36.1. The molecule has 0 bridgehead atoms. The molecule has 0 aliphatic carbocycles.